The Labute approximate surface area is 132 Å². The molecule has 1 aliphatic rings. The molecule has 1 fully saturated rings. The third-order valence-corrected chi connectivity index (χ3v) is 4.71. The van der Waals surface area contributed by atoms with E-state index in [-0.39, 0.29) is 11.3 Å². The van der Waals surface area contributed by atoms with Gasteiger partial charge in [-0.1, -0.05) is 43.0 Å². The van der Waals surface area contributed by atoms with Crippen molar-refractivity contribution in [1.29, 1.82) is 0 Å². The average Bonchev–Trinajstić information content (AvgIpc) is 2.52. The number of hydrogen-bond donors (Lipinski definition) is 2. The maximum absolute atomic E-state index is 12.8. The second-order valence-electron chi connectivity index (χ2n) is 5.90. The summed E-state index contributed by atoms with van der Waals surface area (Å²) in [6.45, 7) is 1.39. The van der Waals surface area contributed by atoms with Gasteiger partial charge >= 0.3 is 0 Å². The van der Waals surface area contributed by atoms with Crippen LogP contribution < -0.4 is 11.1 Å². The van der Waals surface area contributed by atoms with Crippen molar-refractivity contribution in [2.75, 3.05) is 13.1 Å². The van der Waals surface area contributed by atoms with Crippen LogP contribution in [0, 0.1) is 0 Å². The van der Waals surface area contributed by atoms with Crippen LogP contribution in [-0.4, -0.2) is 19.0 Å². The quantitative estimate of drug-likeness (QED) is 0.791. The zero-order valence-electron chi connectivity index (χ0n) is 12.5. The van der Waals surface area contributed by atoms with Crippen molar-refractivity contribution in [3.63, 3.8) is 0 Å². The summed E-state index contributed by atoms with van der Waals surface area (Å²) in [6.07, 6.45) is 7.19. The molecule has 0 radical (unpaired) electrons. The van der Waals surface area contributed by atoms with Crippen molar-refractivity contribution in [2.45, 2.75) is 50.4 Å². The zero-order valence-corrected chi connectivity index (χ0v) is 13.3. The highest BCUT2D eigenvalue weighted by molar-refractivity contribution is 6.30. The summed E-state index contributed by atoms with van der Waals surface area (Å²) in [5.74, 6) is 0.168. The van der Waals surface area contributed by atoms with Gasteiger partial charge in [-0.05, 0) is 49.9 Å². The molecule has 0 bridgehead atoms. The fourth-order valence-electron chi connectivity index (χ4n) is 3.21. The Morgan fingerprint density at radius 1 is 1.14 bits per heavy atom. The molecule has 1 amide bonds. The SMILES string of the molecule is NCCCCNC(=O)C1(c2ccc(Cl)cc2)CCCCC1. The largest absolute Gasteiger partial charge is 0.355 e. The van der Waals surface area contributed by atoms with Gasteiger partial charge in [0, 0.05) is 11.6 Å². The molecule has 0 saturated heterocycles. The van der Waals surface area contributed by atoms with Gasteiger partial charge in [-0.2, -0.15) is 0 Å². The number of carbonyl (C=O) groups is 1. The highest BCUT2D eigenvalue weighted by Crippen LogP contribution is 2.40. The number of nitrogens with one attached hydrogen (secondary N) is 1. The molecule has 4 heteroatoms. The predicted molar refractivity (Wildman–Crippen MR) is 87.5 cm³/mol. The Balaban J connectivity index is 2.12. The van der Waals surface area contributed by atoms with E-state index >= 15 is 0 Å². The first kappa shape index (κ1) is 16.3. The summed E-state index contributed by atoms with van der Waals surface area (Å²) in [5, 5.41) is 3.83. The van der Waals surface area contributed by atoms with Gasteiger partial charge in [0.1, 0.15) is 0 Å². The molecule has 0 aromatic heterocycles. The Hall–Kier alpha value is -1.06. The fourth-order valence-corrected chi connectivity index (χ4v) is 3.34. The number of unbranched alkanes of at least 4 members (excludes halogenated alkanes) is 1. The van der Waals surface area contributed by atoms with Gasteiger partial charge in [-0.15, -0.1) is 0 Å². The van der Waals surface area contributed by atoms with Crippen LogP contribution in [0.5, 0.6) is 0 Å². The topological polar surface area (TPSA) is 55.1 Å². The molecular weight excluding hydrogens is 284 g/mol. The van der Waals surface area contributed by atoms with Crippen LogP contribution in [0.15, 0.2) is 24.3 Å². The number of halogens is 1. The second kappa shape index (κ2) is 7.81. The first-order chi connectivity index (χ1) is 10.2. The zero-order chi connectivity index (χ0) is 15.1. The van der Waals surface area contributed by atoms with Crippen molar-refractivity contribution in [3.05, 3.63) is 34.9 Å². The molecule has 1 aliphatic carbocycles. The molecular formula is C17H25ClN2O. The summed E-state index contributed by atoms with van der Waals surface area (Å²) in [4.78, 5) is 12.8. The van der Waals surface area contributed by atoms with Crippen LogP contribution in [-0.2, 0) is 10.2 Å². The number of rotatable bonds is 6. The van der Waals surface area contributed by atoms with Crippen LogP contribution >= 0.6 is 11.6 Å². The second-order valence-corrected chi connectivity index (χ2v) is 6.34. The lowest BCUT2D eigenvalue weighted by Crippen LogP contribution is -2.46. The molecule has 0 aliphatic heterocycles. The molecule has 0 spiro atoms. The standard InChI is InChI=1S/C17H25ClN2O/c18-15-8-6-14(7-9-15)17(10-2-1-3-11-17)16(21)20-13-5-4-12-19/h6-9H,1-5,10-13,19H2,(H,20,21). The normalized spacial score (nSPS) is 17.4. The van der Waals surface area contributed by atoms with Crippen LogP contribution in [0.1, 0.15) is 50.5 Å². The fraction of sp³-hybridized carbons (Fsp3) is 0.588. The summed E-state index contributed by atoms with van der Waals surface area (Å²) < 4.78 is 0. The minimum Gasteiger partial charge on any atom is -0.355 e. The molecule has 0 atom stereocenters. The minimum absolute atomic E-state index is 0.168. The van der Waals surface area contributed by atoms with E-state index in [4.69, 9.17) is 17.3 Å². The van der Waals surface area contributed by atoms with E-state index in [0.29, 0.717) is 18.1 Å². The van der Waals surface area contributed by atoms with Crippen LogP contribution in [0.3, 0.4) is 0 Å². The van der Waals surface area contributed by atoms with Gasteiger partial charge in [0.15, 0.2) is 0 Å². The van der Waals surface area contributed by atoms with Gasteiger partial charge in [0.25, 0.3) is 0 Å². The molecule has 0 unspecified atom stereocenters. The van der Waals surface area contributed by atoms with Crippen LogP contribution in [0.25, 0.3) is 0 Å². The Morgan fingerprint density at radius 3 is 2.43 bits per heavy atom. The van der Waals surface area contributed by atoms with Crippen LogP contribution in [0.2, 0.25) is 5.02 Å². The van der Waals surface area contributed by atoms with Crippen molar-refractivity contribution >= 4 is 17.5 Å². The molecule has 3 nitrogen and oxygen atoms in total. The lowest BCUT2D eigenvalue weighted by atomic mass is 9.68. The van der Waals surface area contributed by atoms with E-state index in [1.807, 2.05) is 24.3 Å². The molecule has 116 valence electrons. The van der Waals surface area contributed by atoms with E-state index in [1.54, 1.807) is 0 Å². The highest BCUT2D eigenvalue weighted by atomic mass is 35.5. The number of carbonyl (C=O) groups excluding carboxylic acids is 1. The molecule has 0 heterocycles. The van der Waals surface area contributed by atoms with E-state index in [9.17, 15) is 4.79 Å². The number of benzene rings is 1. The van der Waals surface area contributed by atoms with Gasteiger partial charge in [-0.3, -0.25) is 4.79 Å². The lowest BCUT2D eigenvalue weighted by Gasteiger charge is -2.36. The molecule has 1 aromatic rings. The van der Waals surface area contributed by atoms with Gasteiger partial charge in [-0.25, -0.2) is 0 Å². The minimum atomic E-state index is -0.369. The summed E-state index contributed by atoms with van der Waals surface area (Å²) in [5.41, 5.74) is 6.22. The maximum Gasteiger partial charge on any atom is 0.230 e. The van der Waals surface area contributed by atoms with Crippen LogP contribution in [0.4, 0.5) is 0 Å². The first-order valence-corrected chi connectivity index (χ1v) is 8.31. The van der Waals surface area contributed by atoms with E-state index in [0.717, 1.165) is 44.1 Å². The van der Waals surface area contributed by atoms with Crippen molar-refractivity contribution in [2.24, 2.45) is 5.73 Å². The number of amides is 1. The lowest BCUT2D eigenvalue weighted by molar-refractivity contribution is -0.128. The third-order valence-electron chi connectivity index (χ3n) is 4.46. The third kappa shape index (κ3) is 3.98. The monoisotopic (exact) mass is 308 g/mol. The van der Waals surface area contributed by atoms with Crippen molar-refractivity contribution in [3.8, 4) is 0 Å². The van der Waals surface area contributed by atoms with Crippen molar-refractivity contribution in [1.82, 2.24) is 5.32 Å². The van der Waals surface area contributed by atoms with Gasteiger partial charge < -0.3 is 11.1 Å². The highest BCUT2D eigenvalue weighted by Gasteiger charge is 2.40. The van der Waals surface area contributed by atoms with Gasteiger partial charge in [0.2, 0.25) is 5.91 Å². The molecule has 3 N–H and O–H groups in total. The smallest absolute Gasteiger partial charge is 0.230 e. The van der Waals surface area contributed by atoms with E-state index in [1.165, 1.54) is 6.42 Å². The number of hydrogen-bond acceptors (Lipinski definition) is 2. The first-order valence-electron chi connectivity index (χ1n) is 7.93. The molecule has 1 saturated carbocycles. The predicted octanol–water partition coefficient (Wildman–Crippen LogP) is 3.40. The number of nitrogens with two attached hydrogens (primary N) is 1. The van der Waals surface area contributed by atoms with E-state index < -0.39 is 0 Å². The Morgan fingerprint density at radius 2 is 1.81 bits per heavy atom. The molecule has 2 rings (SSSR count). The summed E-state index contributed by atoms with van der Waals surface area (Å²) >= 11 is 5.98. The van der Waals surface area contributed by atoms with Gasteiger partial charge in [0.05, 0.1) is 5.41 Å². The molecule has 21 heavy (non-hydrogen) atoms. The Kier molecular flexibility index (Phi) is 6.07. The average molecular weight is 309 g/mol. The van der Waals surface area contributed by atoms with Crippen molar-refractivity contribution < 1.29 is 4.79 Å². The summed E-state index contributed by atoms with van der Waals surface area (Å²) in [7, 11) is 0. The van der Waals surface area contributed by atoms with E-state index in [2.05, 4.69) is 5.32 Å². The Bertz CT molecular complexity index is 452. The summed E-state index contributed by atoms with van der Waals surface area (Å²) in [6, 6.07) is 7.78. The molecule has 1 aromatic carbocycles. The maximum atomic E-state index is 12.8.